The highest BCUT2D eigenvalue weighted by atomic mass is 16.6. The minimum Gasteiger partial charge on any atom is -0.356 e. The Morgan fingerprint density at radius 1 is 1.27 bits per heavy atom. The molecule has 2 unspecified atom stereocenters. The van der Waals surface area contributed by atoms with Gasteiger partial charge in [0.1, 0.15) is 0 Å². The topological polar surface area (TPSA) is 98.3 Å². The van der Waals surface area contributed by atoms with Crippen molar-refractivity contribution < 1.29 is 9.72 Å². The number of hydrogen-bond acceptors (Lipinski definition) is 4. The van der Waals surface area contributed by atoms with Gasteiger partial charge in [0.15, 0.2) is 0 Å². The minimum absolute atomic E-state index is 0.0877. The molecule has 0 saturated heterocycles. The molecule has 3 N–H and O–H groups in total. The maximum atomic E-state index is 11.9. The summed E-state index contributed by atoms with van der Waals surface area (Å²) >= 11 is 0. The lowest BCUT2D eigenvalue weighted by Gasteiger charge is -2.10. The fourth-order valence-corrected chi connectivity index (χ4v) is 2.85. The van der Waals surface area contributed by atoms with Crippen molar-refractivity contribution in [3.8, 4) is 0 Å². The molecule has 0 aliphatic heterocycles. The number of nitro groups is 1. The van der Waals surface area contributed by atoms with Crippen LogP contribution in [0, 0.1) is 16.0 Å². The predicted octanol–water partition coefficient (Wildman–Crippen LogP) is 2.16. The third kappa shape index (κ3) is 4.80. The van der Waals surface area contributed by atoms with Crippen molar-refractivity contribution in [1.29, 1.82) is 0 Å². The first-order valence-corrected chi connectivity index (χ1v) is 7.83. The van der Waals surface area contributed by atoms with E-state index >= 15 is 0 Å². The summed E-state index contributed by atoms with van der Waals surface area (Å²) in [5.74, 6) is 0.216. The summed E-state index contributed by atoms with van der Waals surface area (Å²) in [5.41, 5.74) is 7.01. The standard InChI is InChI=1S/C16H23N3O3/c17-14-7-6-13(11-14)16(20)18-10-2-1-3-12-4-8-15(9-5-12)19(21)22/h4-5,8-9,13-14H,1-3,6-7,10-11,17H2,(H,18,20). The van der Waals surface area contributed by atoms with Gasteiger partial charge in [0.25, 0.3) is 5.69 Å². The molecule has 1 amide bonds. The van der Waals surface area contributed by atoms with Crippen LogP contribution >= 0.6 is 0 Å². The van der Waals surface area contributed by atoms with Crippen molar-refractivity contribution in [3.05, 3.63) is 39.9 Å². The number of non-ortho nitro benzene ring substituents is 1. The first-order chi connectivity index (χ1) is 10.6. The number of carbonyl (C=O) groups excluding carboxylic acids is 1. The molecule has 22 heavy (non-hydrogen) atoms. The van der Waals surface area contributed by atoms with Crippen LogP contribution in [0.2, 0.25) is 0 Å². The van der Waals surface area contributed by atoms with E-state index in [2.05, 4.69) is 5.32 Å². The lowest BCUT2D eigenvalue weighted by atomic mass is 10.1. The minimum atomic E-state index is -0.395. The van der Waals surface area contributed by atoms with Gasteiger partial charge in [0, 0.05) is 30.6 Å². The number of carbonyl (C=O) groups is 1. The molecule has 0 bridgehead atoms. The van der Waals surface area contributed by atoms with E-state index in [1.165, 1.54) is 12.1 Å². The smallest absolute Gasteiger partial charge is 0.269 e. The number of nitrogens with one attached hydrogen (secondary N) is 1. The van der Waals surface area contributed by atoms with Crippen molar-refractivity contribution in [2.75, 3.05) is 6.54 Å². The van der Waals surface area contributed by atoms with Gasteiger partial charge in [0.2, 0.25) is 5.91 Å². The van der Waals surface area contributed by atoms with Crippen LogP contribution in [0.25, 0.3) is 0 Å². The summed E-state index contributed by atoms with van der Waals surface area (Å²) in [5, 5.41) is 13.5. The molecule has 1 fully saturated rings. The molecule has 2 rings (SSSR count). The van der Waals surface area contributed by atoms with Gasteiger partial charge in [-0.25, -0.2) is 0 Å². The van der Waals surface area contributed by atoms with E-state index < -0.39 is 4.92 Å². The summed E-state index contributed by atoms with van der Waals surface area (Å²) < 4.78 is 0. The monoisotopic (exact) mass is 305 g/mol. The van der Waals surface area contributed by atoms with Gasteiger partial charge in [-0.3, -0.25) is 14.9 Å². The average Bonchev–Trinajstić information content (AvgIpc) is 2.94. The van der Waals surface area contributed by atoms with Crippen LogP contribution in [0.1, 0.15) is 37.7 Å². The van der Waals surface area contributed by atoms with Crippen LogP contribution in [-0.4, -0.2) is 23.4 Å². The Morgan fingerprint density at radius 2 is 2.00 bits per heavy atom. The number of hydrogen-bond donors (Lipinski definition) is 2. The van der Waals surface area contributed by atoms with Crippen LogP contribution in [0.4, 0.5) is 5.69 Å². The van der Waals surface area contributed by atoms with Gasteiger partial charge in [-0.1, -0.05) is 12.1 Å². The third-order valence-corrected chi connectivity index (χ3v) is 4.18. The summed E-state index contributed by atoms with van der Waals surface area (Å²) in [6, 6.07) is 6.81. The quantitative estimate of drug-likeness (QED) is 0.458. The first kappa shape index (κ1) is 16.4. The SMILES string of the molecule is NC1CCC(C(=O)NCCCCc2ccc([N+](=O)[O-])cc2)C1. The zero-order chi connectivity index (χ0) is 15.9. The number of nitro benzene ring substituents is 1. The van der Waals surface area contributed by atoms with Gasteiger partial charge >= 0.3 is 0 Å². The maximum Gasteiger partial charge on any atom is 0.269 e. The van der Waals surface area contributed by atoms with E-state index in [1.54, 1.807) is 12.1 Å². The second kappa shape index (κ2) is 7.89. The van der Waals surface area contributed by atoms with Crippen molar-refractivity contribution in [2.45, 2.75) is 44.6 Å². The van der Waals surface area contributed by atoms with Gasteiger partial charge in [-0.2, -0.15) is 0 Å². The van der Waals surface area contributed by atoms with Crippen LogP contribution < -0.4 is 11.1 Å². The van der Waals surface area contributed by atoms with Gasteiger partial charge in [0.05, 0.1) is 4.92 Å². The largest absolute Gasteiger partial charge is 0.356 e. The zero-order valence-electron chi connectivity index (χ0n) is 12.7. The lowest BCUT2D eigenvalue weighted by Crippen LogP contribution is -2.31. The highest BCUT2D eigenvalue weighted by molar-refractivity contribution is 5.78. The lowest BCUT2D eigenvalue weighted by molar-refractivity contribution is -0.384. The maximum absolute atomic E-state index is 11.9. The summed E-state index contributed by atoms with van der Waals surface area (Å²) in [7, 11) is 0. The van der Waals surface area contributed by atoms with Gasteiger partial charge in [-0.15, -0.1) is 0 Å². The molecule has 6 nitrogen and oxygen atoms in total. The normalized spacial score (nSPS) is 20.8. The molecule has 120 valence electrons. The number of unbranched alkanes of at least 4 members (excludes halogenated alkanes) is 1. The van der Waals surface area contributed by atoms with E-state index in [0.717, 1.165) is 44.1 Å². The molecule has 2 atom stereocenters. The second-order valence-electron chi connectivity index (χ2n) is 5.94. The fraction of sp³-hybridized carbons (Fsp3) is 0.562. The Hall–Kier alpha value is -1.95. The Bertz CT molecular complexity index is 516. The fourth-order valence-electron chi connectivity index (χ4n) is 2.85. The Kier molecular flexibility index (Phi) is 5.89. The van der Waals surface area contributed by atoms with Gasteiger partial charge < -0.3 is 11.1 Å². The highest BCUT2D eigenvalue weighted by Crippen LogP contribution is 2.24. The summed E-state index contributed by atoms with van der Waals surface area (Å²) in [6.45, 7) is 0.678. The van der Waals surface area contributed by atoms with E-state index in [1.807, 2.05) is 0 Å². The van der Waals surface area contributed by atoms with E-state index in [9.17, 15) is 14.9 Å². The molecule has 0 aromatic heterocycles. The molecular formula is C16H23N3O3. The molecule has 1 saturated carbocycles. The molecule has 0 heterocycles. The predicted molar refractivity (Wildman–Crippen MR) is 84.4 cm³/mol. The van der Waals surface area contributed by atoms with E-state index in [4.69, 9.17) is 5.73 Å². The van der Waals surface area contributed by atoms with Crippen LogP contribution in [0.5, 0.6) is 0 Å². The molecule has 1 aromatic carbocycles. The molecule has 0 radical (unpaired) electrons. The molecule has 1 aromatic rings. The number of nitrogens with zero attached hydrogens (tertiary/aromatic N) is 1. The van der Waals surface area contributed by atoms with E-state index in [0.29, 0.717) is 6.54 Å². The average molecular weight is 305 g/mol. The molecule has 6 heteroatoms. The van der Waals surface area contributed by atoms with E-state index in [-0.39, 0.29) is 23.6 Å². The number of benzene rings is 1. The molecule has 1 aliphatic rings. The van der Waals surface area contributed by atoms with Crippen LogP contribution in [0.15, 0.2) is 24.3 Å². The number of rotatable bonds is 7. The third-order valence-electron chi connectivity index (χ3n) is 4.18. The second-order valence-corrected chi connectivity index (χ2v) is 5.94. The van der Waals surface area contributed by atoms with Crippen molar-refractivity contribution >= 4 is 11.6 Å². The number of aryl methyl sites for hydroxylation is 1. The number of nitrogens with two attached hydrogens (primary N) is 1. The Labute approximate surface area is 130 Å². The van der Waals surface area contributed by atoms with Crippen molar-refractivity contribution in [3.63, 3.8) is 0 Å². The molecule has 0 spiro atoms. The van der Waals surface area contributed by atoms with Crippen molar-refractivity contribution in [1.82, 2.24) is 5.32 Å². The summed E-state index contributed by atoms with van der Waals surface area (Å²) in [6.07, 6.45) is 5.36. The summed E-state index contributed by atoms with van der Waals surface area (Å²) in [4.78, 5) is 22.1. The molecule has 1 aliphatic carbocycles. The Balaban J connectivity index is 1.61. The Morgan fingerprint density at radius 3 is 2.59 bits per heavy atom. The van der Waals surface area contributed by atoms with Gasteiger partial charge in [-0.05, 0) is 44.1 Å². The zero-order valence-corrected chi connectivity index (χ0v) is 12.7. The van der Waals surface area contributed by atoms with Crippen LogP contribution in [-0.2, 0) is 11.2 Å². The molecular weight excluding hydrogens is 282 g/mol. The van der Waals surface area contributed by atoms with Crippen molar-refractivity contribution in [2.24, 2.45) is 11.7 Å². The number of amides is 1. The highest BCUT2D eigenvalue weighted by Gasteiger charge is 2.27. The first-order valence-electron chi connectivity index (χ1n) is 7.83. The van der Waals surface area contributed by atoms with Crippen LogP contribution in [0.3, 0.4) is 0 Å².